The molecule has 4 rings (SSSR count). The van der Waals surface area contributed by atoms with Gasteiger partial charge in [-0.05, 0) is 43.2 Å². The number of H-pyrrole nitrogens is 1. The molecule has 1 amide bonds. The van der Waals surface area contributed by atoms with Crippen molar-refractivity contribution in [1.29, 1.82) is 0 Å². The maximum atomic E-state index is 13.1. The van der Waals surface area contributed by atoms with Crippen molar-refractivity contribution in [3.63, 3.8) is 0 Å². The van der Waals surface area contributed by atoms with Crippen molar-refractivity contribution in [2.45, 2.75) is 18.8 Å². The highest BCUT2D eigenvalue weighted by atomic mass is 35.5. The second-order valence-corrected chi connectivity index (χ2v) is 6.72. The number of nitrogens with zero attached hydrogens (tertiary/aromatic N) is 3. The van der Waals surface area contributed by atoms with Crippen molar-refractivity contribution in [3.05, 3.63) is 58.8 Å². The minimum absolute atomic E-state index is 0.00363. The average molecular weight is 375 g/mol. The number of piperidine rings is 1. The fraction of sp³-hybridized carbons (Fsp3) is 0.278. The first-order valence-corrected chi connectivity index (χ1v) is 8.70. The summed E-state index contributed by atoms with van der Waals surface area (Å²) < 4.78 is 18.4. The van der Waals surface area contributed by atoms with Gasteiger partial charge in [0.15, 0.2) is 5.82 Å². The van der Waals surface area contributed by atoms with Gasteiger partial charge in [0.05, 0.1) is 5.02 Å². The van der Waals surface area contributed by atoms with E-state index in [1.165, 1.54) is 24.3 Å². The van der Waals surface area contributed by atoms with E-state index in [1.54, 1.807) is 17.2 Å². The summed E-state index contributed by atoms with van der Waals surface area (Å²) in [5.41, 5.74) is 1.13. The van der Waals surface area contributed by atoms with E-state index < -0.39 is 0 Å². The van der Waals surface area contributed by atoms with Crippen molar-refractivity contribution in [2.75, 3.05) is 13.1 Å². The summed E-state index contributed by atoms with van der Waals surface area (Å²) in [4.78, 5) is 21.8. The Morgan fingerprint density at radius 3 is 2.88 bits per heavy atom. The Hall–Kier alpha value is -2.67. The maximum Gasteiger partial charge on any atom is 0.274 e. The zero-order chi connectivity index (χ0) is 18.1. The van der Waals surface area contributed by atoms with Crippen molar-refractivity contribution in [1.82, 2.24) is 20.0 Å². The van der Waals surface area contributed by atoms with E-state index in [0.29, 0.717) is 41.1 Å². The number of rotatable bonds is 3. The molecule has 1 saturated heterocycles. The van der Waals surface area contributed by atoms with Crippen LogP contribution in [-0.2, 0) is 0 Å². The van der Waals surface area contributed by atoms with Gasteiger partial charge in [-0.3, -0.25) is 4.79 Å². The van der Waals surface area contributed by atoms with Crippen molar-refractivity contribution < 1.29 is 13.7 Å². The van der Waals surface area contributed by atoms with Gasteiger partial charge in [0.2, 0.25) is 0 Å². The number of likely N-dealkylation sites (tertiary alicyclic amines) is 1. The molecule has 1 aliphatic heterocycles. The van der Waals surface area contributed by atoms with E-state index >= 15 is 0 Å². The molecule has 0 aliphatic carbocycles. The number of carbonyl (C=O) groups is 1. The van der Waals surface area contributed by atoms with Crippen LogP contribution < -0.4 is 0 Å². The van der Waals surface area contributed by atoms with Gasteiger partial charge in [0.25, 0.3) is 11.8 Å². The van der Waals surface area contributed by atoms with Crippen LogP contribution in [-0.4, -0.2) is 39.0 Å². The zero-order valence-corrected chi connectivity index (χ0v) is 14.5. The number of hydrogen-bond acceptors (Lipinski definition) is 4. The van der Waals surface area contributed by atoms with Crippen molar-refractivity contribution in [3.8, 4) is 11.6 Å². The van der Waals surface area contributed by atoms with Crippen LogP contribution in [0.1, 0.15) is 34.9 Å². The number of aromatic nitrogens is 3. The molecule has 3 aromatic rings. The second-order valence-electron chi connectivity index (χ2n) is 6.29. The van der Waals surface area contributed by atoms with Gasteiger partial charge < -0.3 is 14.4 Å². The first-order chi connectivity index (χ1) is 12.6. The molecule has 8 heteroatoms. The standard InChI is InChI=1S/C18H16ClFN4O2/c19-13-8-15(21-9-13)17-22-16(23-26-17)12-2-1-7-24(10-12)18(25)11-3-5-14(20)6-4-11/h3-6,8-9,12,21H,1-2,7,10H2/t12-/m0/s1. The number of amides is 1. The highest BCUT2D eigenvalue weighted by Crippen LogP contribution is 2.28. The molecule has 1 aromatic carbocycles. The number of carbonyl (C=O) groups excluding carboxylic acids is 1. The molecule has 0 saturated carbocycles. The first-order valence-electron chi connectivity index (χ1n) is 8.33. The molecule has 2 aromatic heterocycles. The molecule has 0 unspecified atom stereocenters. The Kier molecular flexibility index (Phi) is 4.46. The minimum atomic E-state index is -0.359. The molecule has 0 spiro atoms. The third-order valence-corrected chi connectivity index (χ3v) is 4.70. The van der Waals surface area contributed by atoms with Crippen LogP contribution in [0.2, 0.25) is 5.02 Å². The van der Waals surface area contributed by atoms with E-state index in [4.69, 9.17) is 16.1 Å². The SMILES string of the molecule is O=C(c1ccc(F)cc1)N1CCC[C@H](c2noc(-c3cc(Cl)c[nH]3)n2)C1. The summed E-state index contributed by atoms with van der Waals surface area (Å²) in [6.45, 7) is 1.16. The van der Waals surface area contributed by atoms with E-state index in [1.807, 2.05) is 0 Å². The molecular weight excluding hydrogens is 359 g/mol. The molecule has 1 N–H and O–H groups in total. The number of nitrogens with one attached hydrogen (secondary N) is 1. The Morgan fingerprint density at radius 1 is 1.35 bits per heavy atom. The van der Waals surface area contributed by atoms with Gasteiger partial charge in [0.1, 0.15) is 11.5 Å². The lowest BCUT2D eigenvalue weighted by molar-refractivity contribution is 0.0703. The van der Waals surface area contributed by atoms with E-state index in [-0.39, 0.29) is 17.6 Å². The summed E-state index contributed by atoms with van der Waals surface area (Å²) in [6, 6.07) is 7.30. The Balaban J connectivity index is 1.49. The molecule has 6 nitrogen and oxygen atoms in total. The van der Waals surface area contributed by atoms with E-state index in [0.717, 1.165) is 12.8 Å². The van der Waals surface area contributed by atoms with Crippen LogP contribution in [0.15, 0.2) is 41.1 Å². The summed E-state index contributed by atoms with van der Waals surface area (Å²) >= 11 is 5.90. The Labute approximate surface area is 154 Å². The average Bonchev–Trinajstić information content (AvgIpc) is 3.31. The predicted molar refractivity (Wildman–Crippen MR) is 93.4 cm³/mol. The highest BCUT2D eigenvalue weighted by Gasteiger charge is 2.29. The van der Waals surface area contributed by atoms with Gasteiger partial charge in [-0.15, -0.1) is 0 Å². The van der Waals surface area contributed by atoms with Gasteiger partial charge in [-0.1, -0.05) is 16.8 Å². The van der Waals surface area contributed by atoms with Crippen LogP contribution in [0.4, 0.5) is 4.39 Å². The molecule has 1 atom stereocenters. The van der Waals surface area contributed by atoms with Crippen LogP contribution in [0, 0.1) is 5.82 Å². The largest absolute Gasteiger partial charge is 0.356 e. The molecule has 26 heavy (non-hydrogen) atoms. The minimum Gasteiger partial charge on any atom is -0.356 e. The molecule has 0 bridgehead atoms. The van der Waals surface area contributed by atoms with Crippen LogP contribution in [0.25, 0.3) is 11.6 Å². The molecule has 1 aliphatic rings. The van der Waals surface area contributed by atoms with Crippen LogP contribution in [0.3, 0.4) is 0 Å². The number of hydrogen-bond donors (Lipinski definition) is 1. The quantitative estimate of drug-likeness (QED) is 0.755. The third kappa shape index (κ3) is 3.35. The predicted octanol–water partition coefficient (Wildman–Crippen LogP) is 3.88. The summed E-state index contributed by atoms with van der Waals surface area (Å²) in [6.07, 6.45) is 3.36. The number of halogens is 2. The summed E-state index contributed by atoms with van der Waals surface area (Å²) in [7, 11) is 0. The van der Waals surface area contributed by atoms with Crippen molar-refractivity contribution in [2.24, 2.45) is 0 Å². The van der Waals surface area contributed by atoms with Gasteiger partial charge in [-0.25, -0.2) is 4.39 Å². The Bertz CT molecular complexity index is 921. The zero-order valence-electron chi connectivity index (χ0n) is 13.8. The summed E-state index contributed by atoms with van der Waals surface area (Å²) in [5, 5.41) is 4.63. The second kappa shape index (κ2) is 6.92. The number of benzene rings is 1. The molecule has 1 fully saturated rings. The monoisotopic (exact) mass is 374 g/mol. The van der Waals surface area contributed by atoms with Crippen LogP contribution in [0.5, 0.6) is 0 Å². The topological polar surface area (TPSA) is 75.0 Å². The highest BCUT2D eigenvalue weighted by molar-refractivity contribution is 6.30. The molecule has 134 valence electrons. The van der Waals surface area contributed by atoms with Crippen molar-refractivity contribution >= 4 is 17.5 Å². The third-order valence-electron chi connectivity index (χ3n) is 4.48. The maximum absolute atomic E-state index is 13.1. The summed E-state index contributed by atoms with van der Waals surface area (Å²) in [5.74, 6) is 0.462. The molecular formula is C18H16ClFN4O2. The molecule has 0 radical (unpaired) electrons. The van der Waals surface area contributed by atoms with Crippen LogP contribution >= 0.6 is 11.6 Å². The van der Waals surface area contributed by atoms with E-state index in [9.17, 15) is 9.18 Å². The van der Waals surface area contributed by atoms with E-state index in [2.05, 4.69) is 15.1 Å². The molecule has 3 heterocycles. The first kappa shape index (κ1) is 16.8. The number of aromatic amines is 1. The lowest BCUT2D eigenvalue weighted by Crippen LogP contribution is -2.39. The normalized spacial score (nSPS) is 17.5. The fourth-order valence-electron chi connectivity index (χ4n) is 3.15. The lowest BCUT2D eigenvalue weighted by Gasteiger charge is -2.31. The Morgan fingerprint density at radius 2 is 2.15 bits per heavy atom. The van der Waals surface area contributed by atoms with Gasteiger partial charge in [0, 0.05) is 30.8 Å². The fourth-order valence-corrected chi connectivity index (χ4v) is 3.31. The van der Waals surface area contributed by atoms with Gasteiger partial charge >= 0.3 is 0 Å². The lowest BCUT2D eigenvalue weighted by atomic mass is 9.96. The smallest absolute Gasteiger partial charge is 0.274 e. The van der Waals surface area contributed by atoms with Gasteiger partial charge in [-0.2, -0.15) is 4.98 Å².